The fraction of sp³-hybridized carbons (Fsp3) is 0.857. The van der Waals surface area contributed by atoms with E-state index in [1.807, 2.05) is 0 Å². The normalized spacial score (nSPS) is 14.5. The highest BCUT2D eigenvalue weighted by Crippen LogP contribution is 2.14. The lowest BCUT2D eigenvalue weighted by Gasteiger charge is -2.31. The van der Waals surface area contributed by atoms with Gasteiger partial charge in [0.15, 0.2) is 18.1 Å². The van der Waals surface area contributed by atoms with Crippen LogP contribution in [0.15, 0.2) is 0 Å². The van der Waals surface area contributed by atoms with Crippen LogP contribution in [0.2, 0.25) is 32.7 Å². The van der Waals surface area contributed by atoms with E-state index >= 15 is 0 Å². The van der Waals surface area contributed by atoms with E-state index in [1.165, 1.54) is 0 Å². The molecule has 0 bridgehead atoms. The fourth-order valence-corrected chi connectivity index (χ4v) is 9.99. The average molecular weight is 222 g/mol. The number of hydrogen-bond donors (Lipinski definition) is 0. The molecule has 0 aliphatic rings. The van der Waals surface area contributed by atoms with E-state index in [9.17, 15) is 0 Å². The summed E-state index contributed by atoms with van der Waals surface area (Å²) in [6, 6.07) is 2.16. The van der Waals surface area contributed by atoms with Crippen LogP contribution >= 0.6 is 0 Å². The first kappa shape index (κ1) is 12.6. The summed E-state index contributed by atoms with van der Waals surface area (Å²) in [7, 11) is -3.58. The van der Waals surface area contributed by atoms with E-state index in [1.54, 1.807) is 0 Å². The van der Waals surface area contributed by atoms with Gasteiger partial charge >= 0.3 is 8.56 Å². The highest BCUT2D eigenvalue weighted by molar-refractivity contribution is 6.83. The quantitative estimate of drug-likeness (QED) is 0.660. The van der Waals surface area contributed by atoms with E-state index < -0.39 is 26.6 Å². The van der Waals surface area contributed by atoms with E-state index in [-0.39, 0.29) is 0 Å². The third-order valence-electron chi connectivity index (χ3n) is 1.15. The van der Waals surface area contributed by atoms with Gasteiger partial charge in [0.25, 0.3) is 0 Å². The Balaban J connectivity index is 3.86. The fourth-order valence-electron chi connectivity index (χ4n) is 1.05. The molecule has 1 radical (unpaired) electrons. The molecule has 5 heteroatoms. The predicted molar refractivity (Wildman–Crippen MR) is 61.5 cm³/mol. The van der Waals surface area contributed by atoms with Gasteiger partial charge in [-0.3, -0.25) is 0 Å². The summed E-state index contributed by atoms with van der Waals surface area (Å²) < 4.78 is 11.8. The second-order valence-electron chi connectivity index (χ2n) is 4.33. The molecular formula is C7H21O2Si3. The highest BCUT2D eigenvalue weighted by atomic mass is 28.5. The third-order valence-corrected chi connectivity index (χ3v) is 9.35. The third kappa shape index (κ3) is 7.23. The molecule has 0 aromatic carbocycles. The van der Waals surface area contributed by atoms with Crippen molar-refractivity contribution in [2.45, 2.75) is 39.7 Å². The first-order valence-corrected chi connectivity index (χ1v) is 12.0. The van der Waals surface area contributed by atoms with Gasteiger partial charge in [-0.15, -0.1) is 0 Å². The van der Waals surface area contributed by atoms with E-state index in [0.717, 1.165) is 0 Å². The summed E-state index contributed by atoms with van der Waals surface area (Å²) in [5, 5.41) is 0. The van der Waals surface area contributed by atoms with Crippen LogP contribution in [0.1, 0.15) is 6.92 Å². The van der Waals surface area contributed by atoms with Crippen molar-refractivity contribution in [2.24, 2.45) is 0 Å². The van der Waals surface area contributed by atoms with Crippen LogP contribution in [-0.4, -0.2) is 26.6 Å². The maximum atomic E-state index is 6.00. The van der Waals surface area contributed by atoms with Gasteiger partial charge in [-0.25, -0.2) is 0 Å². The van der Waals surface area contributed by atoms with Crippen molar-refractivity contribution < 1.29 is 8.23 Å². The predicted octanol–water partition coefficient (Wildman–Crippen LogP) is 1.82. The summed E-state index contributed by atoms with van der Waals surface area (Å²) in [6.45, 7) is 13.0. The summed E-state index contributed by atoms with van der Waals surface area (Å²) in [5.41, 5.74) is 0. The molecule has 0 saturated heterocycles. The second-order valence-corrected chi connectivity index (χ2v) is 14.5. The molecule has 0 N–H and O–H groups in total. The van der Waals surface area contributed by atoms with Crippen LogP contribution < -0.4 is 0 Å². The van der Waals surface area contributed by atoms with E-state index in [0.29, 0.717) is 0 Å². The van der Waals surface area contributed by atoms with E-state index in [4.69, 9.17) is 8.23 Å². The molecule has 2 nitrogen and oxygen atoms in total. The van der Waals surface area contributed by atoms with Gasteiger partial charge in [-0.05, 0) is 38.8 Å². The summed E-state index contributed by atoms with van der Waals surface area (Å²) in [6.07, 6.45) is 0. The second kappa shape index (κ2) is 4.71. The smallest absolute Gasteiger partial charge is 0.310 e. The van der Waals surface area contributed by atoms with Crippen LogP contribution in [0.4, 0.5) is 0 Å². The number of rotatable bonds is 5. The lowest BCUT2D eigenvalue weighted by molar-refractivity contribution is 0.412. The largest absolute Gasteiger partial charge is 0.442 e. The van der Waals surface area contributed by atoms with E-state index in [2.05, 4.69) is 45.7 Å². The Bertz CT molecular complexity index is 131. The van der Waals surface area contributed by atoms with Gasteiger partial charge in [0.2, 0.25) is 0 Å². The van der Waals surface area contributed by atoms with Crippen LogP contribution in [0.3, 0.4) is 0 Å². The molecule has 0 amide bonds. The van der Waals surface area contributed by atoms with Crippen LogP contribution in [0.5, 0.6) is 0 Å². The molecule has 0 unspecified atom stereocenters. The molecule has 0 rings (SSSR count). The summed E-state index contributed by atoms with van der Waals surface area (Å²) in [5.74, 6) is 0. The van der Waals surface area contributed by atoms with Gasteiger partial charge in [0, 0.05) is 0 Å². The topological polar surface area (TPSA) is 18.5 Å². The molecule has 0 fully saturated rings. The number of hydrogen-bond acceptors (Lipinski definition) is 2. The molecule has 0 heterocycles. The van der Waals surface area contributed by atoms with Gasteiger partial charge in [-0.1, -0.05) is 6.92 Å². The van der Waals surface area contributed by atoms with Crippen molar-refractivity contribution in [2.75, 3.05) is 0 Å². The first-order chi connectivity index (χ1) is 5.27. The Hall–Kier alpha value is 0.571. The minimum atomic E-state index is -1.77. The Labute approximate surface area is 81.0 Å². The Morgan fingerprint density at radius 1 is 1.08 bits per heavy atom. The Morgan fingerprint density at radius 3 is 1.92 bits per heavy atom. The SMILES string of the molecule is C[CH][SiH2]O[Si](C)(C)O[Si](C)(C)C. The van der Waals surface area contributed by atoms with Gasteiger partial charge in [0.1, 0.15) is 0 Å². The Kier molecular flexibility index (Phi) is 4.93. The van der Waals surface area contributed by atoms with Gasteiger partial charge < -0.3 is 8.23 Å². The van der Waals surface area contributed by atoms with Crippen LogP contribution in [0, 0.1) is 6.04 Å². The molecule has 73 valence electrons. The summed E-state index contributed by atoms with van der Waals surface area (Å²) in [4.78, 5) is 0. The van der Waals surface area contributed by atoms with Crippen molar-refractivity contribution in [3.63, 3.8) is 0 Å². The monoisotopic (exact) mass is 221 g/mol. The molecule has 0 aliphatic heterocycles. The molecule has 0 aromatic heterocycles. The molecule has 0 aromatic rings. The highest BCUT2D eigenvalue weighted by Gasteiger charge is 2.30. The molecular weight excluding hydrogens is 200 g/mol. The van der Waals surface area contributed by atoms with Crippen molar-refractivity contribution in [3.05, 3.63) is 6.04 Å². The lowest BCUT2D eigenvalue weighted by Crippen LogP contribution is -2.45. The zero-order valence-electron chi connectivity index (χ0n) is 9.10. The van der Waals surface area contributed by atoms with Gasteiger partial charge in [-0.2, -0.15) is 0 Å². The molecule has 0 atom stereocenters. The first-order valence-electron chi connectivity index (χ1n) is 4.39. The lowest BCUT2D eigenvalue weighted by atomic mass is 11.0. The summed E-state index contributed by atoms with van der Waals surface area (Å²) >= 11 is 0. The van der Waals surface area contributed by atoms with Crippen molar-refractivity contribution >= 4 is 26.6 Å². The molecule has 0 saturated carbocycles. The van der Waals surface area contributed by atoms with Crippen LogP contribution in [-0.2, 0) is 8.23 Å². The zero-order valence-corrected chi connectivity index (χ0v) is 12.5. The Morgan fingerprint density at radius 2 is 1.58 bits per heavy atom. The standard InChI is InChI=1S/C7H21O2Si3/c1-7-10-8-12(5,6)9-11(2,3)4/h7H,10H2,1-6H3. The zero-order chi connectivity index (χ0) is 9.83. The molecule has 0 aliphatic carbocycles. The molecule has 0 spiro atoms. The van der Waals surface area contributed by atoms with Gasteiger partial charge in [0.05, 0.1) is 0 Å². The van der Waals surface area contributed by atoms with Crippen LogP contribution in [0.25, 0.3) is 0 Å². The minimum Gasteiger partial charge on any atom is -0.442 e. The van der Waals surface area contributed by atoms with Crippen molar-refractivity contribution in [1.29, 1.82) is 0 Å². The maximum absolute atomic E-state index is 6.00. The average Bonchev–Trinajstić information content (AvgIpc) is 1.78. The van der Waals surface area contributed by atoms with Crippen molar-refractivity contribution in [1.82, 2.24) is 0 Å². The van der Waals surface area contributed by atoms with Crippen molar-refractivity contribution in [3.8, 4) is 0 Å². The molecule has 12 heavy (non-hydrogen) atoms. The minimum absolute atomic E-state index is 0.417. The maximum Gasteiger partial charge on any atom is 0.310 e.